The highest BCUT2D eigenvalue weighted by molar-refractivity contribution is 7.15. The van der Waals surface area contributed by atoms with Crippen LogP contribution in [0, 0.1) is 6.92 Å². The number of hydrogen-bond acceptors (Lipinski definition) is 4. The Morgan fingerprint density at radius 2 is 2.25 bits per heavy atom. The Morgan fingerprint density at radius 3 is 2.94 bits per heavy atom. The van der Waals surface area contributed by atoms with E-state index in [0.29, 0.717) is 6.61 Å². The maximum Gasteiger partial charge on any atom is 0.124 e. The van der Waals surface area contributed by atoms with E-state index in [2.05, 4.69) is 4.98 Å². The van der Waals surface area contributed by atoms with E-state index in [9.17, 15) is 0 Å². The van der Waals surface area contributed by atoms with Gasteiger partial charge in [-0.05, 0) is 19.1 Å². The van der Waals surface area contributed by atoms with Crippen molar-refractivity contribution >= 4 is 17.0 Å². The molecule has 0 aliphatic heterocycles. The number of aromatic nitrogens is 1. The van der Waals surface area contributed by atoms with E-state index in [-0.39, 0.29) is 0 Å². The van der Waals surface area contributed by atoms with Gasteiger partial charge in [0.15, 0.2) is 0 Å². The molecule has 1 aromatic carbocycles. The standard InChI is InChI=1S/C12H14N2OS/c1-8-11(7-15-2)16-12(14-8)9-4-3-5-10(13)6-9/h3-6H,7,13H2,1-2H3. The summed E-state index contributed by atoms with van der Waals surface area (Å²) < 4.78 is 5.13. The van der Waals surface area contributed by atoms with Crippen LogP contribution in [0.1, 0.15) is 10.6 Å². The minimum absolute atomic E-state index is 0.617. The molecule has 1 heterocycles. The van der Waals surface area contributed by atoms with Crippen LogP contribution in [0.25, 0.3) is 10.6 Å². The molecule has 0 aliphatic rings. The summed E-state index contributed by atoms with van der Waals surface area (Å²) in [5.74, 6) is 0. The number of methoxy groups -OCH3 is 1. The summed E-state index contributed by atoms with van der Waals surface area (Å²) >= 11 is 1.65. The van der Waals surface area contributed by atoms with E-state index in [0.717, 1.165) is 22.0 Å². The molecule has 0 saturated heterocycles. The number of nitrogen functional groups attached to an aromatic ring is 1. The minimum Gasteiger partial charge on any atom is -0.399 e. The Bertz CT molecular complexity index is 494. The van der Waals surface area contributed by atoms with Crippen LogP contribution in [0.3, 0.4) is 0 Å². The van der Waals surface area contributed by atoms with Gasteiger partial charge in [-0.3, -0.25) is 0 Å². The third-order valence-electron chi connectivity index (χ3n) is 2.30. The van der Waals surface area contributed by atoms with Crippen LogP contribution >= 0.6 is 11.3 Å². The SMILES string of the molecule is COCc1sc(-c2cccc(N)c2)nc1C. The molecular weight excluding hydrogens is 220 g/mol. The molecule has 2 N–H and O–H groups in total. The first-order valence-corrected chi connectivity index (χ1v) is 5.83. The van der Waals surface area contributed by atoms with E-state index < -0.39 is 0 Å². The topological polar surface area (TPSA) is 48.1 Å². The fraction of sp³-hybridized carbons (Fsp3) is 0.250. The molecule has 0 bridgehead atoms. The molecular formula is C12H14N2OS. The molecule has 0 aliphatic carbocycles. The van der Waals surface area contributed by atoms with Crippen molar-refractivity contribution in [2.45, 2.75) is 13.5 Å². The second kappa shape index (κ2) is 4.63. The summed E-state index contributed by atoms with van der Waals surface area (Å²) in [6, 6.07) is 7.78. The second-order valence-corrected chi connectivity index (χ2v) is 4.67. The Kier molecular flexibility index (Phi) is 3.22. The van der Waals surface area contributed by atoms with Crippen molar-refractivity contribution in [3.63, 3.8) is 0 Å². The average Bonchev–Trinajstić information content (AvgIpc) is 2.61. The van der Waals surface area contributed by atoms with Gasteiger partial charge in [-0.15, -0.1) is 11.3 Å². The quantitative estimate of drug-likeness (QED) is 0.831. The second-order valence-electron chi connectivity index (χ2n) is 3.59. The molecule has 3 nitrogen and oxygen atoms in total. The highest BCUT2D eigenvalue weighted by Gasteiger charge is 2.08. The lowest BCUT2D eigenvalue weighted by Gasteiger charge is -1.97. The Labute approximate surface area is 98.9 Å². The van der Waals surface area contributed by atoms with E-state index in [1.807, 2.05) is 31.2 Å². The normalized spacial score (nSPS) is 10.6. The summed E-state index contributed by atoms with van der Waals surface area (Å²) in [7, 11) is 1.69. The Hall–Kier alpha value is -1.39. The molecule has 16 heavy (non-hydrogen) atoms. The van der Waals surface area contributed by atoms with Gasteiger partial charge in [0.25, 0.3) is 0 Å². The van der Waals surface area contributed by atoms with Gasteiger partial charge in [0.1, 0.15) is 5.01 Å². The van der Waals surface area contributed by atoms with Gasteiger partial charge in [0, 0.05) is 18.4 Å². The first kappa shape index (κ1) is 11.1. The highest BCUT2D eigenvalue weighted by atomic mass is 32.1. The van der Waals surface area contributed by atoms with Crippen LogP contribution in [-0.2, 0) is 11.3 Å². The minimum atomic E-state index is 0.617. The summed E-state index contributed by atoms with van der Waals surface area (Å²) in [6.45, 7) is 2.62. The third kappa shape index (κ3) is 2.23. The van der Waals surface area contributed by atoms with Crippen LogP contribution in [0.2, 0.25) is 0 Å². The van der Waals surface area contributed by atoms with Crippen molar-refractivity contribution in [2.24, 2.45) is 0 Å². The summed E-state index contributed by atoms with van der Waals surface area (Å²) in [5.41, 5.74) is 8.61. The number of ether oxygens (including phenoxy) is 1. The molecule has 0 unspecified atom stereocenters. The van der Waals surface area contributed by atoms with E-state index in [1.165, 1.54) is 4.88 Å². The van der Waals surface area contributed by atoms with Gasteiger partial charge in [-0.1, -0.05) is 12.1 Å². The number of anilines is 1. The number of nitrogens with zero attached hydrogens (tertiary/aromatic N) is 1. The fourth-order valence-corrected chi connectivity index (χ4v) is 2.52. The molecule has 0 saturated carbocycles. The van der Waals surface area contributed by atoms with Crippen LogP contribution in [0.4, 0.5) is 5.69 Å². The zero-order valence-electron chi connectivity index (χ0n) is 9.36. The van der Waals surface area contributed by atoms with Crippen LogP contribution < -0.4 is 5.73 Å². The van der Waals surface area contributed by atoms with Gasteiger partial charge in [-0.25, -0.2) is 4.98 Å². The number of thiazole rings is 1. The van der Waals surface area contributed by atoms with E-state index in [1.54, 1.807) is 18.4 Å². The monoisotopic (exact) mass is 234 g/mol. The van der Waals surface area contributed by atoms with E-state index >= 15 is 0 Å². The maximum absolute atomic E-state index is 5.75. The van der Waals surface area contributed by atoms with Gasteiger partial charge in [0.2, 0.25) is 0 Å². The van der Waals surface area contributed by atoms with Crippen LogP contribution in [-0.4, -0.2) is 12.1 Å². The van der Waals surface area contributed by atoms with Gasteiger partial charge < -0.3 is 10.5 Å². The number of nitrogens with two attached hydrogens (primary N) is 1. The van der Waals surface area contributed by atoms with Crippen molar-refractivity contribution in [1.82, 2.24) is 4.98 Å². The lowest BCUT2D eigenvalue weighted by molar-refractivity contribution is 0.187. The summed E-state index contributed by atoms with van der Waals surface area (Å²) in [4.78, 5) is 5.69. The number of hydrogen-bond donors (Lipinski definition) is 1. The van der Waals surface area contributed by atoms with Crippen molar-refractivity contribution in [1.29, 1.82) is 0 Å². The lowest BCUT2D eigenvalue weighted by Crippen LogP contribution is -1.85. The molecule has 4 heteroatoms. The largest absolute Gasteiger partial charge is 0.399 e. The molecule has 0 radical (unpaired) electrons. The molecule has 0 atom stereocenters. The molecule has 84 valence electrons. The molecule has 1 aromatic heterocycles. The predicted molar refractivity (Wildman–Crippen MR) is 67.4 cm³/mol. The average molecular weight is 234 g/mol. The van der Waals surface area contributed by atoms with Crippen molar-refractivity contribution in [3.8, 4) is 10.6 Å². The van der Waals surface area contributed by atoms with E-state index in [4.69, 9.17) is 10.5 Å². The number of aryl methyl sites for hydroxylation is 1. The zero-order valence-corrected chi connectivity index (χ0v) is 10.2. The molecule has 0 spiro atoms. The fourth-order valence-electron chi connectivity index (χ4n) is 1.49. The van der Waals surface area contributed by atoms with Crippen LogP contribution in [0.15, 0.2) is 24.3 Å². The van der Waals surface area contributed by atoms with Crippen molar-refractivity contribution in [3.05, 3.63) is 34.8 Å². The molecule has 0 amide bonds. The first-order valence-electron chi connectivity index (χ1n) is 5.02. The van der Waals surface area contributed by atoms with Gasteiger partial charge in [0.05, 0.1) is 17.2 Å². The Balaban J connectivity index is 2.37. The van der Waals surface area contributed by atoms with Crippen molar-refractivity contribution in [2.75, 3.05) is 12.8 Å². The van der Waals surface area contributed by atoms with Gasteiger partial charge >= 0.3 is 0 Å². The molecule has 2 rings (SSSR count). The zero-order chi connectivity index (χ0) is 11.5. The highest BCUT2D eigenvalue weighted by Crippen LogP contribution is 2.29. The lowest BCUT2D eigenvalue weighted by atomic mass is 10.2. The maximum atomic E-state index is 5.75. The first-order chi connectivity index (χ1) is 7.70. The summed E-state index contributed by atoms with van der Waals surface area (Å²) in [5, 5.41) is 0.997. The third-order valence-corrected chi connectivity index (χ3v) is 3.48. The predicted octanol–water partition coefficient (Wildman–Crippen LogP) is 2.85. The number of rotatable bonds is 3. The number of benzene rings is 1. The molecule has 2 aromatic rings. The van der Waals surface area contributed by atoms with Crippen molar-refractivity contribution < 1.29 is 4.74 Å². The van der Waals surface area contributed by atoms with Crippen LogP contribution in [0.5, 0.6) is 0 Å². The Morgan fingerprint density at radius 1 is 1.44 bits per heavy atom. The van der Waals surface area contributed by atoms with Gasteiger partial charge in [-0.2, -0.15) is 0 Å². The smallest absolute Gasteiger partial charge is 0.124 e. The molecule has 0 fully saturated rings. The summed E-state index contributed by atoms with van der Waals surface area (Å²) in [6.07, 6.45) is 0.